The zero-order valence-corrected chi connectivity index (χ0v) is 17.5. The molecule has 0 unspecified atom stereocenters. The highest BCUT2D eigenvalue weighted by Gasteiger charge is 2.16. The van der Waals surface area contributed by atoms with Crippen LogP contribution in [-0.2, 0) is 0 Å². The van der Waals surface area contributed by atoms with Gasteiger partial charge in [0.2, 0.25) is 0 Å². The molecular weight excluding hydrogens is 416 g/mol. The van der Waals surface area contributed by atoms with Gasteiger partial charge in [0.25, 0.3) is 0 Å². The number of furan rings is 1. The van der Waals surface area contributed by atoms with E-state index in [1.54, 1.807) is 18.2 Å². The Morgan fingerprint density at radius 1 is 0.933 bits per heavy atom. The summed E-state index contributed by atoms with van der Waals surface area (Å²) in [5.74, 6) is 2.09. The predicted molar refractivity (Wildman–Crippen MR) is 123 cm³/mol. The Morgan fingerprint density at radius 2 is 1.60 bits per heavy atom. The number of nitrogens with one attached hydrogen (secondary N) is 1. The van der Waals surface area contributed by atoms with Gasteiger partial charge in [0.1, 0.15) is 35.0 Å². The van der Waals surface area contributed by atoms with Crippen molar-refractivity contribution in [1.29, 1.82) is 0 Å². The van der Waals surface area contributed by atoms with Gasteiger partial charge in [-0.3, -0.25) is 0 Å². The average molecular weight is 429 g/mol. The molecule has 4 rings (SSSR count). The number of aryl methyl sites for hydroxylation is 1. The molecule has 0 fully saturated rings. The lowest BCUT2D eigenvalue weighted by atomic mass is 9.52. The highest BCUT2D eigenvalue weighted by Crippen LogP contribution is 2.34. The molecule has 142 valence electrons. The number of hydrogen-bond acceptors (Lipinski definition) is 3. The van der Waals surface area contributed by atoms with Crippen LogP contribution >= 0.6 is 23.2 Å². The first-order chi connectivity index (χ1) is 14.2. The van der Waals surface area contributed by atoms with Gasteiger partial charge in [0.15, 0.2) is 11.6 Å². The molecular formula is C21H13B3Cl2N2O2. The number of aromatic nitrogens is 2. The van der Waals surface area contributed by atoms with Crippen molar-refractivity contribution in [2.24, 2.45) is 0 Å². The number of hydrogen-bond donors (Lipinski definition) is 1. The molecule has 30 heavy (non-hydrogen) atoms. The zero-order chi connectivity index (χ0) is 21.5. The molecule has 2 heterocycles. The smallest absolute Gasteiger partial charge is 0.174 e. The Hall–Kier alpha value is -2.50. The largest absolute Gasteiger partial charge is 0.514 e. The summed E-state index contributed by atoms with van der Waals surface area (Å²) >= 11 is 12.2. The van der Waals surface area contributed by atoms with Crippen LogP contribution in [0.3, 0.4) is 0 Å². The molecule has 6 radical (unpaired) electrons. The van der Waals surface area contributed by atoms with E-state index in [1.807, 2.05) is 43.3 Å². The van der Waals surface area contributed by atoms with Crippen molar-refractivity contribution in [2.75, 3.05) is 0 Å². The average Bonchev–Trinajstić information content (AvgIpc) is 3.30. The molecule has 1 N–H and O–H groups in total. The van der Waals surface area contributed by atoms with Gasteiger partial charge in [-0.05, 0) is 54.7 Å². The molecule has 0 aliphatic rings. The van der Waals surface area contributed by atoms with Gasteiger partial charge in [0.05, 0.1) is 10.7 Å². The van der Waals surface area contributed by atoms with Gasteiger partial charge < -0.3 is 14.1 Å². The van der Waals surface area contributed by atoms with Crippen molar-refractivity contribution in [3.63, 3.8) is 0 Å². The van der Waals surface area contributed by atoms with Crippen molar-refractivity contribution < 1.29 is 9.15 Å². The number of rotatable bonds is 5. The Labute approximate surface area is 188 Å². The number of aromatic amines is 1. The van der Waals surface area contributed by atoms with Gasteiger partial charge in [-0.25, -0.2) is 4.98 Å². The molecule has 9 heteroatoms. The minimum atomic E-state index is -1.82. The summed E-state index contributed by atoms with van der Waals surface area (Å²) in [6.07, 6.45) is 0. The van der Waals surface area contributed by atoms with E-state index in [9.17, 15) is 0 Å². The monoisotopic (exact) mass is 428 g/mol. The standard InChI is InChI=1S/C21H13B3Cl2N2O2/c1-11-19(12-2-5-14(25)6-3-12)28-20(27-11)18-9-8-16(29-18)13-4-7-17(15(26)10-13)30-21(22,23)24/h2-10H,1H3,(H,27,28). The van der Waals surface area contributed by atoms with Crippen LogP contribution in [0.15, 0.2) is 59.0 Å². The van der Waals surface area contributed by atoms with E-state index >= 15 is 0 Å². The molecule has 0 saturated carbocycles. The summed E-state index contributed by atoms with van der Waals surface area (Å²) in [6.45, 7) is 1.95. The first kappa shape index (κ1) is 20.8. The lowest BCUT2D eigenvalue weighted by molar-refractivity contribution is 0.318. The van der Waals surface area contributed by atoms with E-state index < -0.39 is 5.30 Å². The lowest BCUT2D eigenvalue weighted by Gasteiger charge is -2.24. The minimum Gasteiger partial charge on any atom is -0.514 e. The van der Waals surface area contributed by atoms with E-state index in [1.165, 1.54) is 0 Å². The van der Waals surface area contributed by atoms with Crippen LogP contribution in [-0.4, -0.2) is 38.8 Å². The van der Waals surface area contributed by atoms with E-state index in [2.05, 4.69) is 9.97 Å². The van der Waals surface area contributed by atoms with Gasteiger partial charge in [-0.1, -0.05) is 35.3 Å². The summed E-state index contributed by atoms with van der Waals surface area (Å²) in [7, 11) is 16.4. The minimum absolute atomic E-state index is 0.272. The van der Waals surface area contributed by atoms with Gasteiger partial charge in [-0.15, -0.1) is 0 Å². The van der Waals surface area contributed by atoms with E-state index in [0.717, 1.165) is 22.5 Å². The van der Waals surface area contributed by atoms with Crippen LogP contribution in [0.1, 0.15) is 5.69 Å². The Morgan fingerprint density at radius 3 is 2.27 bits per heavy atom. The number of ether oxygens (including phenoxy) is 1. The third-order valence-corrected chi connectivity index (χ3v) is 4.89. The van der Waals surface area contributed by atoms with Gasteiger partial charge in [-0.2, -0.15) is 0 Å². The summed E-state index contributed by atoms with van der Waals surface area (Å²) in [4.78, 5) is 7.94. The van der Waals surface area contributed by atoms with Crippen LogP contribution in [0, 0.1) is 6.92 Å². The fourth-order valence-corrected chi connectivity index (χ4v) is 3.36. The number of benzene rings is 2. The Balaban J connectivity index is 1.61. The molecule has 2 aromatic heterocycles. The second-order valence-corrected chi connectivity index (χ2v) is 7.67. The molecule has 2 aromatic carbocycles. The van der Waals surface area contributed by atoms with Crippen molar-refractivity contribution in [3.05, 3.63) is 70.3 Å². The van der Waals surface area contributed by atoms with Crippen molar-refractivity contribution in [2.45, 2.75) is 12.2 Å². The fourth-order valence-electron chi connectivity index (χ4n) is 3.01. The second kappa shape index (κ2) is 7.97. The molecule has 4 nitrogen and oxygen atoms in total. The predicted octanol–water partition coefficient (Wildman–Crippen LogP) is 5.11. The topological polar surface area (TPSA) is 51.0 Å². The fraction of sp³-hybridized carbons (Fsp3) is 0.0952. The van der Waals surface area contributed by atoms with Crippen LogP contribution in [0.4, 0.5) is 0 Å². The lowest BCUT2D eigenvalue weighted by Crippen LogP contribution is -2.37. The van der Waals surface area contributed by atoms with E-state index in [0.29, 0.717) is 27.4 Å². The van der Waals surface area contributed by atoms with Crippen molar-refractivity contribution in [3.8, 4) is 39.9 Å². The summed E-state index contributed by atoms with van der Waals surface area (Å²) < 4.78 is 11.2. The zero-order valence-electron chi connectivity index (χ0n) is 15.9. The van der Waals surface area contributed by atoms with E-state index in [-0.39, 0.29) is 5.75 Å². The van der Waals surface area contributed by atoms with Gasteiger partial charge >= 0.3 is 0 Å². The molecule has 0 spiro atoms. The molecule has 0 saturated heterocycles. The molecule has 4 aromatic rings. The first-order valence-electron chi connectivity index (χ1n) is 8.98. The van der Waals surface area contributed by atoms with Crippen molar-refractivity contribution in [1.82, 2.24) is 9.97 Å². The third-order valence-electron chi connectivity index (χ3n) is 4.34. The highest BCUT2D eigenvalue weighted by molar-refractivity contribution is 6.58. The quantitative estimate of drug-likeness (QED) is 0.449. The number of imidazole rings is 1. The van der Waals surface area contributed by atoms with Crippen molar-refractivity contribution >= 4 is 46.7 Å². The molecule has 0 atom stereocenters. The maximum absolute atomic E-state index is 6.25. The van der Waals surface area contributed by atoms with Crippen LogP contribution < -0.4 is 4.74 Å². The molecule has 0 aliphatic carbocycles. The molecule has 0 aliphatic heterocycles. The SMILES string of the molecule is [B]C([B])([B])Oc1ccc(-c2ccc(-c3nc(-c4ccc(Cl)cc4)c(C)[nH]3)o2)cc1Cl. The summed E-state index contributed by atoms with van der Waals surface area (Å²) in [5.41, 5.74) is 3.46. The maximum atomic E-state index is 6.25. The normalized spacial score (nSPS) is 11.6. The van der Waals surface area contributed by atoms with E-state index in [4.69, 9.17) is 55.9 Å². The number of halogens is 2. The molecule has 0 amide bonds. The molecule has 0 bridgehead atoms. The summed E-state index contributed by atoms with van der Waals surface area (Å²) in [6, 6.07) is 16.2. The Bertz CT molecular complexity index is 1200. The number of nitrogens with zero attached hydrogens (tertiary/aromatic N) is 1. The van der Waals surface area contributed by atoms with Gasteiger partial charge in [0, 0.05) is 21.8 Å². The Kier molecular flexibility index (Phi) is 5.52. The van der Waals surface area contributed by atoms with Crippen LogP contribution in [0.2, 0.25) is 10.0 Å². The highest BCUT2D eigenvalue weighted by atomic mass is 35.5. The summed E-state index contributed by atoms with van der Waals surface area (Å²) in [5, 5.41) is -0.842. The van der Waals surface area contributed by atoms with Crippen LogP contribution in [0.25, 0.3) is 34.2 Å². The third kappa shape index (κ3) is 4.47. The second-order valence-electron chi connectivity index (χ2n) is 6.83. The maximum Gasteiger partial charge on any atom is 0.174 e. The first-order valence-corrected chi connectivity index (χ1v) is 9.73. The van der Waals surface area contributed by atoms with Crippen LogP contribution in [0.5, 0.6) is 5.75 Å². The number of H-pyrrole nitrogens is 1.